The zero-order chi connectivity index (χ0) is 15.1. The molecule has 4 heteroatoms. The van der Waals surface area contributed by atoms with Gasteiger partial charge >= 0.3 is 5.97 Å². The SMILES string of the molecule is CCN(Cc1ccccc1)[C@@H]1CCCC[C@H]1NCC(=O)O. The first-order chi connectivity index (χ1) is 10.2. The van der Waals surface area contributed by atoms with Crippen molar-refractivity contribution in [1.29, 1.82) is 0 Å². The summed E-state index contributed by atoms with van der Waals surface area (Å²) in [5.74, 6) is -0.773. The van der Waals surface area contributed by atoms with Crippen LogP contribution in [0.4, 0.5) is 0 Å². The van der Waals surface area contributed by atoms with Crippen LogP contribution in [0.1, 0.15) is 38.2 Å². The fourth-order valence-corrected chi connectivity index (χ4v) is 3.29. The van der Waals surface area contributed by atoms with Crippen molar-refractivity contribution in [3.05, 3.63) is 35.9 Å². The molecule has 116 valence electrons. The lowest BCUT2D eigenvalue weighted by molar-refractivity contribution is -0.136. The van der Waals surface area contributed by atoms with E-state index in [-0.39, 0.29) is 6.54 Å². The largest absolute Gasteiger partial charge is 0.480 e. The minimum absolute atomic E-state index is 0.0596. The zero-order valence-electron chi connectivity index (χ0n) is 12.8. The molecule has 0 radical (unpaired) electrons. The Morgan fingerprint density at radius 1 is 1.29 bits per heavy atom. The normalized spacial score (nSPS) is 22.4. The molecule has 1 aromatic rings. The van der Waals surface area contributed by atoms with E-state index in [4.69, 9.17) is 5.11 Å². The smallest absolute Gasteiger partial charge is 0.317 e. The molecule has 0 bridgehead atoms. The van der Waals surface area contributed by atoms with E-state index < -0.39 is 5.97 Å². The minimum Gasteiger partial charge on any atom is -0.480 e. The summed E-state index contributed by atoms with van der Waals surface area (Å²) in [5.41, 5.74) is 1.32. The molecule has 2 N–H and O–H groups in total. The monoisotopic (exact) mass is 290 g/mol. The van der Waals surface area contributed by atoms with Crippen molar-refractivity contribution in [2.45, 2.75) is 51.2 Å². The van der Waals surface area contributed by atoms with Gasteiger partial charge in [-0.05, 0) is 24.9 Å². The van der Waals surface area contributed by atoms with Gasteiger partial charge in [-0.1, -0.05) is 50.1 Å². The second-order valence-electron chi connectivity index (χ2n) is 5.78. The highest BCUT2D eigenvalue weighted by Gasteiger charge is 2.29. The maximum Gasteiger partial charge on any atom is 0.317 e. The van der Waals surface area contributed by atoms with Crippen LogP contribution in [-0.4, -0.2) is 41.1 Å². The van der Waals surface area contributed by atoms with E-state index in [1.807, 2.05) is 6.07 Å². The third kappa shape index (κ3) is 4.83. The van der Waals surface area contributed by atoms with E-state index in [1.165, 1.54) is 18.4 Å². The van der Waals surface area contributed by atoms with Gasteiger partial charge < -0.3 is 10.4 Å². The summed E-state index contributed by atoms with van der Waals surface area (Å²) >= 11 is 0. The standard InChI is InChI=1S/C17H26N2O2/c1-2-19(13-14-8-4-3-5-9-14)16-11-7-6-10-15(16)18-12-17(20)21/h3-5,8-9,15-16,18H,2,6-7,10-13H2,1H3,(H,20,21)/t15-,16-/m1/s1. The van der Waals surface area contributed by atoms with Crippen molar-refractivity contribution in [2.24, 2.45) is 0 Å². The molecule has 1 aromatic carbocycles. The van der Waals surface area contributed by atoms with Crippen LogP contribution in [0, 0.1) is 0 Å². The molecule has 0 amide bonds. The molecule has 1 aliphatic carbocycles. The van der Waals surface area contributed by atoms with Gasteiger partial charge in [0.15, 0.2) is 0 Å². The van der Waals surface area contributed by atoms with Crippen LogP contribution in [-0.2, 0) is 11.3 Å². The predicted molar refractivity (Wildman–Crippen MR) is 84.2 cm³/mol. The lowest BCUT2D eigenvalue weighted by atomic mass is 9.88. The van der Waals surface area contributed by atoms with Crippen LogP contribution < -0.4 is 5.32 Å². The number of carboxylic acids is 1. The van der Waals surface area contributed by atoms with Crippen LogP contribution >= 0.6 is 0 Å². The molecule has 2 rings (SSSR count). The second-order valence-corrected chi connectivity index (χ2v) is 5.78. The Balaban J connectivity index is 2.01. The quantitative estimate of drug-likeness (QED) is 0.810. The fourth-order valence-electron chi connectivity index (χ4n) is 3.29. The van der Waals surface area contributed by atoms with Crippen LogP contribution in [0.3, 0.4) is 0 Å². The first kappa shape index (κ1) is 16.0. The number of rotatable bonds is 7. The molecule has 1 aliphatic rings. The Kier molecular flexibility index (Phi) is 6.21. The number of nitrogens with one attached hydrogen (secondary N) is 1. The third-order valence-electron chi connectivity index (χ3n) is 4.35. The third-order valence-corrected chi connectivity index (χ3v) is 4.35. The Bertz CT molecular complexity index is 436. The van der Waals surface area contributed by atoms with Gasteiger partial charge in [0.2, 0.25) is 0 Å². The number of hydrogen-bond acceptors (Lipinski definition) is 3. The van der Waals surface area contributed by atoms with Gasteiger partial charge in [-0.3, -0.25) is 9.69 Å². The van der Waals surface area contributed by atoms with Gasteiger partial charge in [0, 0.05) is 18.6 Å². The van der Waals surface area contributed by atoms with Crippen molar-refractivity contribution < 1.29 is 9.90 Å². The van der Waals surface area contributed by atoms with Gasteiger partial charge in [-0.25, -0.2) is 0 Å². The zero-order valence-corrected chi connectivity index (χ0v) is 12.8. The Hall–Kier alpha value is -1.39. The first-order valence-corrected chi connectivity index (χ1v) is 7.94. The molecule has 1 fully saturated rings. The number of carbonyl (C=O) groups is 1. The minimum atomic E-state index is -0.773. The highest BCUT2D eigenvalue weighted by molar-refractivity contribution is 5.69. The second kappa shape index (κ2) is 8.15. The van der Waals surface area contributed by atoms with Crippen LogP contribution in [0.15, 0.2) is 30.3 Å². The van der Waals surface area contributed by atoms with E-state index in [9.17, 15) is 4.79 Å². The number of benzene rings is 1. The van der Waals surface area contributed by atoms with E-state index >= 15 is 0 Å². The maximum absolute atomic E-state index is 10.8. The molecule has 4 nitrogen and oxygen atoms in total. The summed E-state index contributed by atoms with van der Waals surface area (Å²) < 4.78 is 0. The Morgan fingerprint density at radius 2 is 2.00 bits per heavy atom. The lowest BCUT2D eigenvalue weighted by Gasteiger charge is -2.40. The summed E-state index contributed by atoms with van der Waals surface area (Å²) in [7, 11) is 0. The number of likely N-dealkylation sites (N-methyl/N-ethyl adjacent to an activating group) is 1. The van der Waals surface area contributed by atoms with Crippen molar-refractivity contribution in [1.82, 2.24) is 10.2 Å². The van der Waals surface area contributed by atoms with Gasteiger partial charge in [0.05, 0.1) is 6.54 Å². The number of aliphatic carboxylic acids is 1. The van der Waals surface area contributed by atoms with E-state index in [0.29, 0.717) is 12.1 Å². The predicted octanol–water partition coefficient (Wildman–Crippen LogP) is 2.49. The van der Waals surface area contributed by atoms with Crippen LogP contribution in [0.25, 0.3) is 0 Å². The van der Waals surface area contributed by atoms with E-state index in [0.717, 1.165) is 25.9 Å². The average molecular weight is 290 g/mol. The molecule has 21 heavy (non-hydrogen) atoms. The summed E-state index contributed by atoms with van der Waals surface area (Å²) in [6.45, 7) is 4.17. The van der Waals surface area contributed by atoms with Crippen LogP contribution in [0.5, 0.6) is 0 Å². The van der Waals surface area contributed by atoms with Gasteiger partial charge in [-0.15, -0.1) is 0 Å². The van der Waals surface area contributed by atoms with E-state index in [1.54, 1.807) is 0 Å². The number of nitrogens with zero attached hydrogens (tertiary/aromatic N) is 1. The summed E-state index contributed by atoms with van der Waals surface area (Å²) in [6, 6.07) is 11.2. The van der Waals surface area contributed by atoms with Crippen LogP contribution in [0.2, 0.25) is 0 Å². The maximum atomic E-state index is 10.8. The molecule has 0 aliphatic heterocycles. The van der Waals surface area contributed by atoms with Crippen molar-refractivity contribution in [3.8, 4) is 0 Å². The highest BCUT2D eigenvalue weighted by Crippen LogP contribution is 2.24. The molecule has 0 saturated heterocycles. The molecule has 2 atom stereocenters. The highest BCUT2D eigenvalue weighted by atomic mass is 16.4. The molecular weight excluding hydrogens is 264 g/mol. The molecular formula is C17H26N2O2. The average Bonchev–Trinajstić information content (AvgIpc) is 2.52. The molecule has 0 spiro atoms. The molecule has 0 aromatic heterocycles. The molecule has 1 saturated carbocycles. The summed E-state index contributed by atoms with van der Waals surface area (Å²) in [4.78, 5) is 13.3. The number of hydrogen-bond donors (Lipinski definition) is 2. The van der Waals surface area contributed by atoms with E-state index in [2.05, 4.69) is 41.4 Å². The molecule has 0 heterocycles. The topological polar surface area (TPSA) is 52.6 Å². The molecule has 0 unspecified atom stereocenters. The summed E-state index contributed by atoms with van der Waals surface area (Å²) in [5, 5.41) is 12.1. The first-order valence-electron chi connectivity index (χ1n) is 7.94. The Labute approximate surface area is 127 Å². The van der Waals surface area contributed by atoms with Crippen molar-refractivity contribution >= 4 is 5.97 Å². The van der Waals surface area contributed by atoms with Crippen molar-refractivity contribution in [3.63, 3.8) is 0 Å². The van der Waals surface area contributed by atoms with Gasteiger partial charge in [0.1, 0.15) is 0 Å². The number of carboxylic acid groups (broad SMARTS) is 1. The Morgan fingerprint density at radius 3 is 2.67 bits per heavy atom. The van der Waals surface area contributed by atoms with Gasteiger partial charge in [0.25, 0.3) is 0 Å². The fraction of sp³-hybridized carbons (Fsp3) is 0.588. The lowest BCUT2D eigenvalue weighted by Crippen LogP contribution is -2.52. The van der Waals surface area contributed by atoms with Crippen molar-refractivity contribution in [2.75, 3.05) is 13.1 Å². The van der Waals surface area contributed by atoms with Gasteiger partial charge in [-0.2, -0.15) is 0 Å². The summed E-state index contributed by atoms with van der Waals surface area (Å²) in [6.07, 6.45) is 4.65.